The Balaban J connectivity index is 1.89. The molecule has 2 N–H and O–H groups in total. The lowest BCUT2D eigenvalue weighted by atomic mass is 10.1. The Hall–Kier alpha value is -2.73. The van der Waals surface area contributed by atoms with Gasteiger partial charge < -0.3 is 25.0 Å². The minimum atomic E-state index is 0.223. The fourth-order valence-corrected chi connectivity index (χ4v) is 3.18. The summed E-state index contributed by atoms with van der Waals surface area (Å²) in [6, 6.07) is 14.8. The maximum Gasteiger partial charge on any atom is 0.191 e. The van der Waals surface area contributed by atoms with Gasteiger partial charge in [0.1, 0.15) is 11.5 Å². The van der Waals surface area contributed by atoms with Gasteiger partial charge in [0.05, 0.1) is 20.3 Å². The van der Waals surface area contributed by atoms with E-state index in [0.717, 1.165) is 42.5 Å². The van der Waals surface area contributed by atoms with Crippen molar-refractivity contribution in [1.29, 1.82) is 0 Å². The molecule has 0 aliphatic heterocycles. The van der Waals surface area contributed by atoms with Crippen LogP contribution in [0.2, 0.25) is 0 Å². The number of ether oxygens (including phenoxy) is 2. The molecule has 0 aromatic heterocycles. The molecular formula is C23H34N4O2. The van der Waals surface area contributed by atoms with Crippen molar-refractivity contribution < 1.29 is 9.47 Å². The highest BCUT2D eigenvalue weighted by molar-refractivity contribution is 5.79. The number of hydrogen-bond donors (Lipinski definition) is 2. The van der Waals surface area contributed by atoms with Crippen LogP contribution in [0.3, 0.4) is 0 Å². The predicted molar refractivity (Wildman–Crippen MR) is 120 cm³/mol. The Kier molecular flexibility index (Phi) is 8.80. The molecule has 2 aromatic carbocycles. The van der Waals surface area contributed by atoms with Gasteiger partial charge in [0.2, 0.25) is 0 Å². The predicted octanol–water partition coefficient (Wildman–Crippen LogP) is 3.02. The third-order valence-electron chi connectivity index (χ3n) is 4.99. The van der Waals surface area contributed by atoms with E-state index in [2.05, 4.69) is 71.9 Å². The van der Waals surface area contributed by atoms with Crippen molar-refractivity contribution in [2.45, 2.75) is 19.4 Å². The van der Waals surface area contributed by atoms with Crippen molar-refractivity contribution in [3.05, 3.63) is 59.2 Å². The van der Waals surface area contributed by atoms with Gasteiger partial charge in [-0.15, -0.1) is 0 Å². The highest BCUT2D eigenvalue weighted by Gasteiger charge is 2.14. The number of aliphatic imine (C=N–C) groups is 1. The van der Waals surface area contributed by atoms with Crippen molar-refractivity contribution >= 4 is 5.96 Å². The van der Waals surface area contributed by atoms with Gasteiger partial charge in [0.15, 0.2) is 5.96 Å². The second-order valence-electron chi connectivity index (χ2n) is 7.19. The third kappa shape index (κ3) is 6.68. The molecule has 0 saturated heterocycles. The average Bonchev–Trinajstić information content (AvgIpc) is 2.73. The number of methoxy groups -OCH3 is 2. The average molecular weight is 399 g/mol. The summed E-state index contributed by atoms with van der Waals surface area (Å²) in [5.74, 6) is 2.59. The maximum absolute atomic E-state index is 5.41. The number of benzene rings is 2. The molecule has 0 heterocycles. The molecule has 0 amide bonds. The summed E-state index contributed by atoms with van der Waals surface area (Å²) in [5.41, 5.74) is 3.61. The second-order valence-corrected chi connectivity index (χ2v) is 7.19. The number of guanidine groups is 1. The Morgan fingerprint density at radius 1 is 1.03 bits per heavy atom. The number of nitrogens with one attached hydrogen (secondary N) is 2. The zero-order valence-corrected chi connectivity index (χ0v) is 18.5. The van der Waals surface area contributed by atoms with Gasteiger partial charge in [-0.3, -0.25) is 4.99 Å². The van der Waals surface area contributed by atoms with Crippen LogP contribution in [-0.4, -0.2) is 59.3 Å². The fourth-order valence-electron chi connectivity index (χ4n) is 3.18. The summed E-state index contributed by atoms with van der Waals surface area (Å²) in [7, 11) is 9.35. The lowest BCUT2D eigenvalue weighted by Gasteiger charge is -2.26. The molecule has 0 aliphatic rings. The third-order valence-corrected chi connectivity index (χ3v) is 4.99. The normalized spacial score (nSPS) is 12.6. The van der Waals surface area contributed by atoms with Crippen LogP contribution in [0.4, 0.5) is 0 Å². The molecule has 0 radical (unpaired) electrons. The van der Waals surface area contributed by atoms with E-state index < -0.39 is 0 Å². The first kappa shape index (κ1) is 22.6. The first-order valence-electron chi connectivity index (χ1n) is 9.87. The molecular weight excluding hydrogens is 364 g/mol. The van der Waals surface area contributed by atoms with Crippen molar-refractivity contribution in [1.82, 2.24) is 15.5 Å². The number of aryl methyl sites for hydroxylation is 1. The van der Waals surface area contributed by atoms with Crippen molar-refractivity contribution in [3.63, 3.8) is 0 Å². The fraction of sp³-hybridized carbons (Fsp3) is 0.435. The topological polar surface area (TPSA) is 58.1 Å². The van der Waals surface area contributed by atoms with Gasteiger partial charge in [0, 0.05) is 20.1 Å². The largest absolute Gasteiger partial charge is 0.497 e. The molecule has 1 unspecified atom stereocenters. The summed E-state index contributed by atoms with van der Waals surface area (Å²) in [5, 5.41) is 6.83. The summed E-state index contributed by atoms with van der Waals surface area (Å²) in [4.78, 5) is 6.55. The molecule has 29 heavy (non-hydrogen) atoms. The Morgan fingerprint density at radius 2 is 1.76 bits per heavy atom. The maximum atomic E-state index is 5.41. The summed E-state index contributed by atoms with van der Waals surface area (Å²) in [6.07, 6.45) is 0.896. The number of likely N-dealkylation sites (N-methyl/N-ethyl adjacent to an activating group) is 1. The van der Waals surface area contributed by atoms with Crippen molar-refractivity contribution in [3.8, 4) is 11.5 Å². The van der Waals surface area contributed by atoms with Gasteiger partial charge in [-0.05, 0) is 62.3 Å². The zero-order valence-electron chi connectivity index (χ0n) is 18.5. The molecule has 2 aromatic rings. The van der Waals surface area contributed by atoms with E-state index in [1.165, 1.54) is 11.1 Å². The monoisotopic (exact) mass is 398 g/mol. The van der Waals surface area contributed by atoms with Crippen LogP contribution in [0.5, 0.6) is 11.5 Å². The molecule has 0 saturated carbocycles. The highest BCUT2D eigenvalue weighted by atomic mass is 16.5. The number of hydrogen-bond acceptors (Lipinski definition) is 4. The zero-order chi connectivity index (χ0) is 21.2. The Labute approximate surface area is 174 Å². The first-order chi connectivity index (χ1) is 14.0. The van der Waals surface area contributed by atoms with Crippen molar-refractivity contribution in [2.75, 3.05) is 48.5 Å². The number of rotatable bonds is 9. The van der Waals surface area contributed by atoms with Crippen LogP contribution in [0.15, 0.2) is 47.5 Å². The van der Waals surface area contributed by atoms with E-state index in [-0.39, 0.29) is 6.04 Å². The lowest BCUT2D eigenvalue weighted by Crippen LogP contribution is -2.42. The minimum Gasteiger partial charge on any atom is -0.497 e. The van der Waals surface area contributed by atoms with Gasteiger partial charge in [-0.2, -0.15) is 0 Å². The molecule has 0 bridgehead atoms. The van der Waals surface area contributed by atoms with E-state index in [4.69, 9.17) is 9.47 Å². The molecule has 2 rings (SSSR count). The summed E-state index contributed by atoms with van der Waals surface area (Å²) >= 11 is 0. The van der Waals surface area contributed by atoms with Crippen LogP contribution in [0, 0.1) is 6.92 Å². The SMILES string of the molecule is CN=C(NCCc1ccc(C)c(OC)c1)NCC(c1ccc(OC)cc1)N(C)C. The van der Waals surface area contributed by atoms with Crippen molar-refractivity contribution in [2.24, 2.45) is 4.99 Å². The quantitative estimate of drug-likeness (QED) is 0.502. The molecule has 6 nitrogen and oxygen atoms in total. The van der Waals surface area contributed by atoms with Crippen LogP contribution in [-0.2, 0) is 6.42 Å². The van der Waals surface area contributed by atoms with E-state index in [0.29, 0.717) is 0 Å². The lowest BCUT2D eigenvalue weighted by molar-refractivity contribution is 0.298. The van der Waals surface area contributed by atoms with Gasteiger partial charge >= 0.3 is 0 Å². The summed E-state index contributed by atoms with van der Waals surface area (Å²) in [6.45, 7) is 3.59. The van der Waals surface area contributed by atoms with Gasteiger partial charge in [0.25, 0.3) is 0 Å². The summed E-state index contributed by atoms with van der Waals surface area (Å²) < 4.78 is 10.7. The van der Waals surface area contributed by atoms with E-state index >= 15 is 0 Å². The smallest absolute Gasteiger partial charge is 0.191 e. The van der Waals surface area contributed by atoms with Crippen LogP contribution in [0.1, 0.15) is 22.7 Å². The molecule has 0 fully saturated rings. The highest BCUT2D eigenvalue weighted by Crippen LogP contribution is 2.21. The van der Waals surface area contributed by atoms with E-state index in [9.17, 15) is 0 Å². The Morgan fingerprint density at radius 3 is 2.34 bits per heavy atom. The molecule has 0 aliphatic carbocycles. The second kappa shape index (κ2) is 11.3. The first-order valence-corrected chi connectivity index (χ1v) is 9.87. The van der Waals surface area contributed by atoms with E-state index in [1.807, 2.05) is 12.1 Å². The molecule has 0 spiro atoms. The van der Waals surface area contributed by atoms with Crippen LogP contribution >= 0.6 is 0 Å². The Bertz CT molecular complexity index is 788. The number of nitrogens with zero attached hydrogens (tertiary/aromatic N) is 2. The van der Waals surface area contributed by atoms with Crippen LogP contribution < -0.4 is 20.1 Å². The standard InChI is InChI=1S/C23H34N4O2/c1-17-7-8-18(15-22(17)29-6)13-14-25-23(24-2)26-16-21(27(3)4)19-9-11-20(28-5)12-10-19/h7-12,15,21H,13-14,16H2,1-6H3,(H2,24,25,26). The molecule has 6 heteroatoms. The van der Waals surface area contributed by atoms with Crippen LogP contribution in [0.25, 0.3) is 0 Å². The van der Waals surface area contributed by atoms with Gasteiger partial charge in [-0.1, -0.05) is 24.3 Å². The van der Waals surface area contributed by atoms with E-state index in [1.54, 1.807) is 21.3 Å². The molecule has 1 atom stereocenters. The minimum absolute atomic E-state index is 0.223. The van der Waals surface area contributed by atoms with Gasteiger partial charge in [-0.25, -0.2) is 0 Å². The molecule has 158 valence electrons.